The zero-order valence-corrected chi connectivity index (χ0v) is 12.1. The Morgan fingerprint density at radius 2 is 2.05 bits per heavy atom. The Morgan fingerprint density at radius 3 is 2.64 bits per heavy atom. The summed E-state index contributed by atoms with van der Waals surface area (Å²) in [7, 11) is -4.83. The molecule has 2 rings (SSSR count). The first-order chi connectivity index (χ1) is 10.2. The summed E-state index contributed by atoms with van der Waals surface area (Å²) in [4.78, 5) is 36.1. The quantitative estimate of drug-likeness (QED) is 0.312. The van der Waals surface area contributed by atoms with Gasteiger partial charge in [0.1, 0.15) is 6.04 Å². The average Bonchev–Trinajstić information content (AvgIpc) is 2.68. The number of piperidine rings is 1. The Morgan fingerprint density at radius 1 is 1.36 bits per heavy atom. The van der Waals surface area contributed by atoms with E-state index in [1.54, 1.807) is 0 Å². The zero-order chi connectivity index (χ0) is 16.5. The second-order valence-corrected chi connectivity index (χ2v) is 5.76. The van der Waals surface area contributed by atoms with Gasteiger partial charge in [0.05, 0.1) is 12.6 Å². The molecule has 2 bridgehead atoms. The van der Waals surface area contributed by atoms with Crippen LogP contribution in [0, 0.1) is 0 Å². The molecule has 2 aliphatic heterocycles. The topological polar surface area (TPSA) is 171 Å². The van der Waals surface area contributed by atoms with E-state index in [9.17, 15) is 22.8 Å². The number of amides is 4. The van der Waals surface area contributed by atoms with Gasteiger partial charge in [0.25, 0.3) is 11.8 Å². The van der Waals surface area contributed by atoms with Gasteiger partial charge in [-0.25, -0.2) is 4.79 Å². The van der Waals surface area contributed by atoms with Crippen molar-refractivity contribution in [1.29, 1.82) is 0 Å². The first-order valence-electron chi connectivity index (χ1n) is 6.28. The van der Waals surface area contributed by atoms with Crippen LogP contribution in [0.3, 0.4) is 0 Å². The van der Waals surface area contributed by atoms with E-state index in [1.807, 2.05) is 0 Å². The lowest BCUT2D eigenvalue weighted by Gasteiger charge is -2.29. The second kappa shape index (κ2) is 6.04. The van der Waals surface area contributed by atoms with Crippen LogP contribution in [-0.4, -0.2) is 66.0 Å². The summed E-state index contributed by atoms with van der Waals surface area (Å²) in [6.45, 7) is -0.247. The van der Waals surface area contributed by atoms with E-state index in [0.717, 1.165) is 4.90 Å². The SMILES string of the molecule is NCC(=O)NNC(=O)[C@H]1CC[C@@H]2CN1C(=O)N2OS(=O)(=O)O. The maximum atomic E-state index is 12.0. The molecule has 12 nitrogen and oxygen atoms in total. The van der Waals surface area contributed by atoms with E-state index in [2.05, 4.69) is 15.1 Å². The molecule has 22 heavy (non-hydrogen) atoms. The smallest absolute Gasteiger partial charge is 0.322 e. The fraction of sp³-hybridized carbons (Fsp3) is 0.667. The maximum Gasteiger partial charge on any atom is 0.418 e. The highest BCUT2D eigenvalue weighted by molar-refractivity contribution is 7.80. The molecule has 4 amide bonds. The number of hydrogen-bond donors (Lipinski definition) is 4. The predicted molar refractivity (Wildman–Crippen MR) is 68.7 cm³/mol. The van der Waals surface area contributed by atoms with Gasteiger partial charge in [0.2, 0.25) is 0 Å². The highest BCUT2D eigenvalue weighted by Gasteiger charge is 2.49. The van der Waals surface area contributed by atoms with Crippen molar-refractivity contribution >= 4 is 28.2 Å². The van der Waals surface area contributed by atoms with Crippen molar-refractivity contribution in [1.82, 2.24) is 20.8 Å². The van der Waals surface area contributed by atoms with Gasteiger partial charge in [0.15, 0.2) is 0 Å². The van der Waals surface area contributed by atoms with Gasteiger partial charge < -0.3 is 10.6 Å². The van der Waals surface area contributed by atoms with Crippen molar-refractivity contribution in [3.63, 3.8) is 0 Å². The van der Waals surface area contributed by atoms with Gasteiger partial charge in [-0.3, -0.25) is 25.0 Å². The molecule has 0 unspecified atom stereocenters. The fourth-order valence-electron chi connectivity index (χ4n) is 2.37. The second-order valence-electron chi connectivity index (χ2n) is 4.75. The molecular weight excluding hydrogens is 322 g/mol. The Labute approximate surface area is 125 Å². The molecule has 0 saturated carbocycles. The Kier molecular flexibility index (Phi) is 4.50. The summed E-state index contributed by atoms with van der Waals surface area (Å²) in [5.41, 5.74) is 9.26. The molecule has 2 heterocycles. The standard InChI is InChI=1S/C9H15N5O7S/c10-3-7(15)11-12-8(16)6-2-1-5-4-13(6)9(17)14(5)21-22(18,19)20/h5-6H,1-4,10H2,(H,11,15)(H,12,16)(H,18,19,20)/t5-,6-/m1/s1. The third kappa shape index (κ3) is 3.44. The van der Waals surface area contributed by atoms with Crippen LogP contribution < -0.4 is 16.6 Å². The minimum absolute atomic E-state index is 0.0667. The van der Waals surface area contributed by atoms with Crippen LogP contribution in [0.4, 0.5) is 4.79 Å². The summed E-state index contributed by atoms with van der Waals surface area (Å²) in [5.74, 6) is -1.24. The minimum atomic E-state index is -4.83. The molecule has 13 heteroatoms. The van der Waals surface area contributed by atoms with Crippen LogP contribution >= 0.6 is 0 Å². The molecule has 2 aliphatic rings. The van der Waals surface area contributed by atoms with Crippen molar-refractivity contribution in [2.45, 2.75) is 24.9 Å². The van der Waals surface area contributed by atoms with Gasteiger partial charge >= 0.3 is 16.4 Å². The number of rotatable bonds is 4. The van der Waals surface area contributed by atoms with Gasteiger partial charge in [-0.05, 0) is 12.8 Å². The molecule has 0 aliphatic carbocycles. The Balaban J connectivity index is 2.02. The number of carbonyl (C=O) groups excluding carboxylic acids is 3. The highest BCUT2D eigenvalue weighted by Crippen LogP contribution is 2.30. The van der Waals surface area contributed by atoms with Crippen molar-refractivity contribution < 1.29 is 31.6 Å². The Bertz CT molecular complexity index is 593. The van der Waals surface area contributed by atoms with E-state index in [1.165, 1.54) is 0 Å². The normalized spacial score (nSPS) is 24.4. The molecule has 0 spiro atoms. The maximum absolute atomic E-state index is 12.0. The minimum Gasteiger partial charge on any atom is -0.322 e. The summed E-state index contributed by atoms with van der Waals surface area (Å²) in [6.07, 6.45) is 0.534. The number of hydrazine groups is 1. The third-order valence-corrected chi connectivity index (χ3v) is 3.66. The lowest BCUT2D eigenvalue weighted by Crippen LogP contribution is -2.54. The van der Waals surface area contributed by atoms with E-state index in [-0.39, 0.29) is 19.5 Å². The number of nitrogens with one attached hydrogen (secondary N) is 2. The molecule has 2 saturated heterocycles. The molecule has 0 aromatic carbocycles. The molecular formula is C9H15N5O7S. The van der Waals surface area contributed by atoms with E-state index >= 15 is 0 Å². The molecule has 5 N–H and O–H groups in total. The largest absolute Gasteiger partial charge is 0.418 e. The first-order valence-corrected chi connectivity index (χ1v) is 7.65. The molecule has 0 aromatic heterocycles. The van der Waals surface area contributed by atoms with E-state index < -0.39 is 40.3 Å². The fourth-order valence-corrected chi connectivity index (χ4v) is 2.76. The number of nitrogens with two attached hydrogens (primary N) is 1. The molecule has 2 atom stereocenters. The highest BCUT2D eigenvalue weighted by atomic mass is 32.3. The number of nitrogens with zero attached hydrogens (tertiary/aromatic N) is 2. The number of carbonyl (C=O) groups is 3. The molecule has 2 fully saturated rings. The van der Waals surface area contributed by atoms with Crippen LogP contribution in [0.1, 0.15) is 12.8 Å². The Hall–Kier alpha value is -1.96. The lowest BCUT2D eigenvalue weighted by atomic mass is 10.0. The van der Waals surface area contributed by atoms with Crippen LogP contribution in [0.5, 0.6) is 0 Å². The average molecular weight is 337 g/mol. The van der Waals surface area contributed by atoms with Crippen molar-refractivity contribution in [2.24, 2.45) is 5.73 Å². The van der Waals surface area contributed by atoms with E-state index in [4.69, 9.17) is 10.3 Å². The van der Waals surface area contributed by atoms with E-state index in [0.29, 0.717) is 11.5 Å². The summed E-state index contributed by atoms with van der Waals surface area (Å²) >= 11 is 0. The number of hydrogen-bond acceptors (Lipinski definition) is 7. The van der Waals surface area contributed by atoms with Crippen LogP contribution in [-0.2, 0) is 24.3 Å². The number of hydroxylamine groups is 2. The van der Waals surface area contributed by atoms with Gasteiger partial charge in [-0.1, -0.05) is 0 Å². The number of urea groups is 1. The number of fused-ring (bicyclic) bond motifs is 2. The molecule has 0 aromatic rings. The first kappa shape index (κ1) is 16.4. The zero-order valence-electron chi connectivity index (χ0n) is 11.3. The van der Waals surface area contributed by atoms with Crippen molar-refractivity contribution in [3.8, 4) is 0 Å². The van der Waals surface area contributed by atoms with Crippen molar-refractivity contribution in [3.05, 3.63) is 0 Å². The van der Waals surface area contributed by atoms with Crippen LogP contribution in [0.15, 0.2) is 0 Å². The van der Waals surface area contributed by atoms with Gasteiger partial charge in [0, 0.05) is 6.54 Å². The third-order valence-electron chi connectivity index (χ3n) is 3.31. The van der Waals surface area contributed by atoms with Crippen LogP contribution in [0.25, 0.3) is 0 Å². The lowest BCUT2D eigenvalue weighted by molar-refractivity contribution is -0.131. The van der Waals surface area contributed by atoms with Gasteiger partial charge in [-0.15, -0.1) is 4.28 Å². The van der Waals surface area contributed by atoms with Crippen LogP contribution in [0.2, 0.25) is 0 Å². The monoisotopic (exact) mass is 337 g/mol. The summed E-state index contributed by atoms with van der Waals surface area (Å²) in [6, 6.07) is -2.33. The molecule has 124 valence electrons. The van der Waals surface area contributed by atoms with Gasteiger partial charge in [-0.2, -0.15) is 13.5 Å². The summed E-state index contributed by atoms with van der Waals surface area (Å²) < 4.78 is 34.3. The predicted octanol–water partition coefficient (Wildman–Crippen LogP) is -2.90. The molecule has 0 radical (unpaired) electrons. The summed E-state index contributed by atoms with van der Waals surface area (Å²) in [5, 5.41) is 0.529. The van der Waals surface area contributed by atoms with Crippen molar-refractivity contribution in [2.75, 3.05) is 13.1 Å².